The number of aromatic hydroxyl groups is 2. The smallest absolute Gasteiger partial charge is 0.331 e. The van der Waals surface area contributed by atoms with Gasteiger partial charge in [0.15, 0.2) is 11.5 Å². The van der Waals surface area contributed by atoms with E-state index in [4.69, 9.17) is 9.47 Å². The maximum atomic E-state index is 13.0. The van der Waals surface area contributed by atoms with Crippen LogP contribution in [0, 0.1) is 45.3 Å². The number of rotatable bonds is 5. The predicted octanol–water partition coefficient (Wildman–Crippen LogP) is 8.42. The highest BCUT2D eigenvalue weighted by molar-refractivity contribution is 5.87. The molecule has 0 unspecified atom stereocenters. The number of carbonyl (C=O) groups excluding carboxylic acids is 1. The van der Waals surface area contributed by atoms with Gasteiger partial charge in [-0.2, -0.15) is 0 Å². The number of ether oxygens (including phenoxy) is 2. The lowest BCUT2D eigenvalue weighted by Crippen LogP contribution is -2.64. The van der Waals surface area contributed by atoms with Gasteiger partial charge in [-0.1, -0.05) is 40.7 Å². The first kappa shape index (κ1) is 32.9. The van der Waals surface area contributed by atoms with Crippen molar-refractivity contribution in [1.82, 2.24) is 0 Å². The number of carbonyl (C=O) groups is 1. The Morgan fingerprint density at radius 1 is 0.844 bits per heavy atom. The molecule has 0 aromatic heterocycles. The van der Waals surface area contributed by atoms with Crippen molar-refractivity contribution >= 4 is 12.0 Å². The molecule has 0 spiro atoms. The van der Waals surface area contributed by atoms with Crippen molar-refractivity contribution in [3.05, 3.63) is 29.8 Å². The monoisotopic (exact) mass is 622 g/mol. The van der Waals surface area contributed by atoms with Crippen LogP contribution in [0.25, 0.3) is 6.08 Å². The maximum Gasteiger partial charge on any atom is 0.331 e. The summed E-state index contributed by atoms with van der Waals surface area (Å²) in [5.74, 6) is 1.57. The molecular weight excluding hydrogens is 564 g/mol. The van der Waals surface area contributed by atoms with Crippen LogP contribution in [0.5, 0.6) is 11.5 Å². The third-order valence-corrected chi connectivity index (χ3v) is 14.9. The van der Waals surface area contributed by atoms with E-state index < -0.39 is 5.60 Å². The highest BCUT2D eigenvalue weighted by Gasteiger charge is 2.70. The first-order chi connectivity index (χ1) is 20.8. The highest BCUT2D eigenvalue weighted by atomic mass is 16.5. The number of phenols is 2. The maximum absolute atomic E-state index is 13.0. The Morgan fingerprint density at radius 3 is 2.22 bits per heavy atom. The quantitative estimate of drug-likeness (QED) is 0.173. The summed E-state index contributed by atoms with van der Waals surface area (Å²) in [4.78, 5) is 13.0. The molecule has 6 rings (SSSR count). The van der Waals surface area contributed by atoms with Crippen molar-refractivity contribution in [3.63, 3.8) is 0 Å². The van der Waals surface area contributed by atoms with Crippen LogP contribution >= 0.6 is 0 Å². The summed E-state index contributed by atoms with van der Waals surface area (Å²) in [7, 11) is 0. The lowest BCUT2D eigenvalue weighted by Gasteiger charge is -2.70. The van der Waals surface area contributed by atoms with Gasteiger partial charge in [-0.05, 0) is 149 Å². The minimum atomic E-state index is -0.802. The molecule has 6 heteroatoms. The van der Waals surface area contributed by atoms with Crippen LogP contribution in [0.2, 0.25) is 0 Å². The fourth-order valence-corrected chi connectivity index (χ4v) is 12.3. The van der Waals surface area contributed by atoms with Gasteiger partial charge in [-0.3, -0.25) is 0 Å². The molecule has 1 aromatic carbocycles. The van der Waals surface area contributed by atoms with Gasteiger partial charge in [0.25, 0.3) is 0 Å². The van der Waals surface area contributed by atoms with Crippen LogP contribution in [-0.4, -0.2) is 44.7 Å². The summed E-state index contributed by atoms with van der Waals surface area (Å²) in [5, 5.41) is 30.1. The molecule has 45 heavy (non-hydrogen) atoms. The molecule has 5 aliphatic rings. The van der Waals surface area contributed by atoms with Gasteiger partial charge in [0.2, 0.25) is 0 Å². The molecule has 0 radical (unpaired) electrons. The first-order valence-electron chi connectivity index (χ1n) is 17.7. The van der Waals surface area contributed by atoms with Crippen LogP contribution in [-0.2, 0) is 14.3 Å². The molecule has 1 heterocycles. The van der Waals surface area contributed by atoms with E-state index >= 15 is 0 Å². The Labute approximate surface area is 271 Å². The summed E-state index contributed by atoms with van der Waals surface area (Å²) in [6, 6.07) is 4.50. The van der Waals surface area contributed by atoms with E-state index in [9.17, 15) is 20.1 Å². The van der Waals surface area contributed by atoms with Crippen LogP contribution in [0.3, 0.4) is 0 Å². The average Bonchev–Trinajstić information content (AvgIpc) is 3.53. The second-order valence-corrected chi connectivity index (χ2v) is 17.8. The van der Waals surface area contributed by atoms with Gasteiger partial charge >= 0.3 is 5.97 Å². The second-order valence-electron chi connectivity index (χ2n) is 17.8. The Morgan fingerprint density at radius 2 is 1.56 bits per heavy atom. The third-order valence-electron chi connectivity index (χ3n) is 14.9. The zero-order valence-electron chi connectivity index (χ0n) is 29.0. The Hall–Kier alpha value is -2.05. The number of hydrogen-bond acceptors (Lipinski definition) is 6. The Balaban J connectivity index is 1.18. The van der Waals surface area contributed by atoms with E-state index in [0.29, 0.717) is 29.2 Å². The van der Waals surface area contributed by atoms with E-state index in [0.717, 1.165) is 32.1 Å². The second kappa shape index (κ2) is 10.7. The Bertz CT molecular complexity index is 1340. The number of benzene rings is 1. The largest absolute Gasteiger partial charge is 0.504 e. The topological polar surface area (TPSA) is 96.2 Å². The van der Waals surface area contributed by atoms with Crippen molar-refractivity contribution in [1.29, 1.82) is 0 Å². The van der Waals surface area contributed by atoms with Crippen molar-refractivity contribution in [2.75, 3.05) is 0 Å². The van der Waals surface area contributed by atoms with Crippen LogP contribution < -0.4 is 0 Å². The van der Waals surface area contributed by atoms with Crippen molar-refractivity contribution < 1.29 is 29.6 Å². The molecule has 1 aliphatic heterocycles. The summed E-state index contributed by atoms with van der Waals surface area (Å²) in [6.07, 6.45) is 14.1. The molecule has 1 saturated heterocycles. The van der Waals surface area contributed by atoms with Gasteiger partial charge in [-0.25, -0.2) is 4.79 Å². The number of hydrogen-bond donors (Lipinski definition) is 3. The van der Waals surface area contributed by atoms with E-state index in [1.807, 2.05) is 13.8 Å². The predicted molar refractivity (Wildman–Crippen MR) is 176 cm³/mol. The summed E-state index contributed by atoms with van der Waals surface area (Å²) in [6.45, 7) is 18.6. The zero-order chi connectivity index (χ0) is 32.8. The summed E-state index contributed by atoms with van der Waals surface area (Å²) >= 11 is 0. The molecule has 4 aliphatic carbocycles. The zero-order valence-corrected chi connectivity index (χ0v) is 29.0. The van der Waals surface area contributed by atoms with Gasteiger partial charge < -0.3 is 24.8 Å². The van der Waals surface area contributed by atoms with Crippen LogP contribution in [0.15, 0.2) is 24.3 Å². The molecule has 0 amide bonds. The molecule has 10 atom stereocenters. The summed E-state index contributed by atoms with van der Waals surface area (Å²) in [5.41, 5.74) is 0.273. The van der Waals surface area contributed by atoms with Crippen molar-refractivity contribution in [2.24, 2.45) is 45.3 Å². The van der Waals surface area contributed by atoms with E-state index in [2.05, 4.69) is 41.5 Å². The van der Waals surface area contributed by atoms with E-state index in [1.165, 1.54) is 50.3 Å². The fraction of sp³-hybridized carbons (Fsp3) is 0.769. The van der Waals surface area contributed by atoms with Gasteiger partial charge in [0, 0.05) is 11.5 Å². The van der Waals surface area contributed by atoms with E-state index in [1.54, 1.807) is 12.1 Å². The summed E-state index contributed by atoms with van der Waals surface area (Å²) < 4.78 is 12.9. The number of esters is 1. The van der Waals surface area contributed by atoms with Crippen molar-refractivity contribution in [3.8, 4) is 11.5 Å². The van der Waals surface area contributed by atoms with Crippen LogP contribution in [0.1, 0.15) is 125 Å². The van der Waals surface area contributed by atoms with Gasteiger partial charge in [0.05, 0.1) is 17.3 Å². The molecular formula is C39H58O6. The SMILES string of the molecule is CC(C)(O)[C@H]1CC[C@@](C)([C@H]2CC[C@]3(C)[C@@H]2CC[C@H]2[C@@]4(C)CC[C@H](OC(=O)C=Cc5ccc(O)c(O)c5)C(C)(C)[C@@H]4CC[C@]23C)O1. The van der Waals surface area contributed by atoms with Crippen LogP contribution in [0.4, 0.5) is 0 Å². The fourth-order valence-electron chi connectivity index (χ4n) is 12.3. The molecule has 6 nitrogen and oxygen atoms in total. The molecule has 250 valence electrons. The minimum Gasteiger partial charge on any atom is -0.504 e. The third kappa shape index (κ3) is 5.07. The molecule has 3 N–H and O–H groups in total. The van der Waals surface area contributed by atoms with Gasteiger partial charge in [0.1, 0.15) is 6.10 Å². The lowest BCUT2D eigenvalue weighted by atomic mass is 9.35. The number of aliphatic hydroxyl groups is 1. The number of phenolic OH excluding ortho intramolecular Hbond substituents is 2. The van der Waals surface area contributed by atoms with Crippen molar-refractivity contribution in [2.45, 2.75) is 143 Å². The van der Waals surface area contributed by atoms with E-state index in [-0.39, 0.29) is 56.9 Å². The molecule has 5 fully saturated rings. The lowest BCUT2D eigenvalue weighted by molar-refractivity contribution is -0.230. The molecule has 0 bridgehead atoms. The molecule has 1 aromatic rings. The standard InChI is InChI=1S/C39H58O6/c1-34(2)29-16-21-38(7)30(13-11-25-26(15-20-37(25,38)6)39(8)22-18-32(45-39)35(3,4)43)36(29,5)19-17-31(34)44-33(42)14-10-24-9-12-27(40)28(41)23-24/h9-10,12,14,23,25-26,29-32,40-41,43H,11,13,15-22H2,1-8H3/t25-,26+,29+,30+,31+,32-,36+,37-,38-,39+/m1/s1. The first-order valence-corrected chi connectivity index (χ1v) is 17.7. The van der Waals surface area contributed by atoms with Gasteiger partial charge in [-0.15, -0.1) is 0 Å². The Kier molecular flexibility index (Phi) is 7.84. The average molecular weight is 623 g/mol. The number of fused-ring (bicyclic) bond motifs is 5. The highest BCUT2D eigenvalue weighted by Crippen LogP contribution is 2.76. The molecule has 4 saturated carbocycles. The normalized spacial score (nSPS) is 44.3. The minimum absolute atomic E-state index is 0.0844.